The third-order valence-corrected chi connectivity index (χ3v) is 7.39. The lowest BCUT2D eigenvalue weighted by Gasteiger charge is -2.44. The molecule has 2 aliphatic heterocycles. The Morgan fingerprint density at radius 2 is 1.81 bits per heavy atom. The van der Waals surface area contributed by atoms with E-state index in [1.807, 2.05) is 47.4 Å². The zero-order valence-electron chi connectivity index (χ0n) is 18.4. The number of carbonyl (C=O) groups is 1. The van der Waals surface area contributed by atoms with E-state index in [1.165, 1.54) is 5.56 Å². The highest BCUT2D eigenvalue weighted by atomic mass is 35.5. The fourth-order valence-electron chi connectivity index (χ4n) is 4.90. The minimum absolute atomic E-state index is 0.0477. The number of anilines is 1. The number of halogens is 2. The second kappa shape index (κ2) is 10.9. The highest BCUT2D eigenvalue weighted by molar-refractivity contribution is 6.42. The van der Waals surface area contributed by atoms with Crippen molar-refractivity contribution in [2.45, 2.75) is 31.1 Å². The molecule has 4 rings (SSSR count). The van der Waals surface area contributed by atoms with Gasteiger partial charge in [0.05, 0.1) is 23.3 Å². The summed E-state index contributed by atoms with van der Waals surface area (Å²) in [7, 11) is 0. The van der Waals surface area contributed by atoms with Crippen LogP contribution in [0.3, 0.4) is 0 Å². The molecule has 0 radical (unpaired) electrons. The summed E-state index contributed by atoms with van der Waals surface area (Å²) in [6.07, 6.45) is 4.05. The number of benzene rings is 2. The predicted octanol–water partition coefficient (Wildman–Crippen LogP) is 5.67. The molecule has 172 valence electrons. The van der Waals surface area contributed by atoms with E-state index >= 15 is 0 Å². The molecule has 2 aromatic rings. The average Bonchev–Trinajstić information content (AvgIpc) is 2.82. The van der Waals surface area contributed by atoms with Gasteiger partial charge in [-0.25, -0.2) is 4.79 Å². The largest absolute Gasteiger partial charge is 0.379 e. The quantitative estimate of drug-likeness (QED) is 0.584. The van der Waals surface area contributed by atoms with Crippen LogP contribution in [0.2, 0.25) is 10.0 Å². The van der Waals surface area contributed by atoms with E-state index < -0.39 is 0 Å². The van der Waals surface area contributed by atoms with Gasteiger partial charge in [-0.1, -0.05) is 47.5 Å². The molecule has 0 aromatic heterocycles. The minimum Gasteiger partial charge on any atom is -0.379 e. The summed E-state index contributed by atoms with van der Waals surface area (Å²) in [4.78, 5) is 17.5. The molecular formula is C25H31Cl2N3O2. The van der Waals surface area contributed by atoms with Gasteiger partial charge in [-0.2, -0.15) is 0 Å². The number of hydrogen-bond acceptors (Lipinski definition) is 3. The zero-order valence-corrected chi connectivity index (χ0v) is 19.9. The third kappa shape index (κ3) is 5.76. The van der Waals surface area contributed by atoms with Crippen LogP contribution in [0.1, 0.15) is 31.2 Å². The molecule has 0 bridgehead atoms. The van der Waals surface area contributed by atoms with Gasteiger partial charge in [0, 0.05) is 37.3 Å². The smallest absolute Gasteiger partial charge is 0.321 e. The Balaban J connectivity index is 1.50. The summed E-state index contributed by atoms with van der Waals surface area (Å²) >= 11 is 12.6. The van der Waals surface area contributed by atoms with Crippen LogP contribution in [0.4, 0.5) is 10.5 Å². The second-order valence-corrected chi connectivity index (χ2v) is 9.60. The standard InChI is InChI=1S/C25H31Cl2N3O2/c26-22-9-8-20(18-23(22)27)25(10-4-12-29-14-16-32-17-15-29)11-5-13-30(19-25)24(31)28-21-6-2-1-3-7-21/h1-3,6-9,18H,4-5,10-17,19H2,(H,28,31). The topological polar surface area (TPSA) is 44.8 Å². The first-order valence-corrected chi connectivity index (χ1v) is 12.2. The number of urea groups is 1. The highest BCUT2D eigenvalue weighted by Crippen LogP contribution is 2.40. The van der Waals surface area contributed by atoms with Gasteiger partial charge in [0.2, 0.25) is 0 Å². The Kier molecular flexibility index (Phi) is 7.95. The van der Waals surface area contributed by atoms with Gasteiger partial charge in [0.15, 0.2) is 0 Å². The molecule has 5 nitrogen and oxygen atoms in total. The molecular weight excluding hydrogens is 445 g/mol. The Morgan fingerprint density at radius 3 is 2.56 bits per heavy atom. The number of ether oxygens (including phenoxy) is 1. The lowest BCUT2D eigenvalue weighted by Crippen LogP contribution is -2.50. The summed E-state index contributed by atoms with van der Waals surface area (Å²) in [5.41, 5.74) is 1.86. The summed E-state index contributed by atoms with van der Waals surface area (Å²) in [5.74, 6) is 0. The third-order valence-electron chi connectivity index (χ3n) is 6.65. The molecule has 0 aliphatic carbocycles. The molecule has 2 aromatic carbocycles. The number of para-hydroxylation sites is 1. The van der Waals surface area contributed by atoms with Crippen LogP contribution in [0, 0.1) is 0 Å². The van der Waals surface area contributed by atoms with Gasteiger partial charge in [-0.3, -0.25) is 4.90 Å². The molecule has 1 N–H and O–H groups in total. The fraction of sp³-hybridized carbons (Fsp3) is 0.480. The summed E-state index contributed by atoms with van der Waals surface area (Å²) in [6, 6.07) is 15.5. The normalized spacial score (nSPS) is 22.0. The van der Waals surface area contributed by atoms with E-state index in [4.69, 9.17) is 27.9 Å². The predicted molar refractivity (Wildman–Crippen MR) is 131 cm³/mol. The number of morpholine rings is 1. The van der Waals surface area contributed by atoms with E-state index in [0.717, 1.165) is 70.8 Å². The summed E-state index contributed by atoms with van der Waals surface area (Å²) in [6.45, 7) is 6.08. The van der Waals surface area contributed by atoms with Crippen LogP contribution < -0.4 is 5.32 Å². The SMILES string of the molecule is O=C(Nc1ccccc1)N1CCCC(CCCN2CCOCC2)(c2ccc(Cl)c(Cl)c2)C1. The van der Waals surface area contributed by atoms with E-state index in [0.29, 0.717) is 16.6 Å². The number of rotatable bonds is 6. The van der Waals surface area contributed by atoms with E-state index in [2.05, 4.69) is 16.3 Å². The van der Waals surface area contributed by atoms with Gasteiger partial charge >= 0.3 is 6.03 Å². The van der Waals surface area contributed by atoms with Crippen molar-refractivity contribution in [1.29, 1.82) is 0 Å². The molecule has 1 unspecified atom stereocenters. The van der Waals surface area contributed by atoms with E-state index in [1.54, 1.807) is 0 Å². The number of nitrogens with zero attached hydrogens (tertiary/aromatic N) is 2. The number of likely N-dealkylation sites (tertiary alicyclic amines) is 1. The van der Waals surface area contributed by atoms with Crippen molar-refractivity contribution in [3.8, 4) is 0 Å². The number of piperidine rings is 1. The van der Waals surface area contributed by atoms with Crippen molar-refractivity contribution >= 4 is 34.9 Å². The number of carbonyl (C=O) groups excluding carboxylic acids is 1. The van der Waals surface area contributed by atoms with Crippen LogP contribution in [0.25, 0.3) is 0 Å². The molecule has 32 heavy (non-hydrogen) atoms. The van der Waals surface area contributed by atoms with Crippen LogP contribution in [0.5, 0.6) is 0 Å². The number of nitrogens with one attached hydrogen (secondary N) is 1. The molecule has 1 atom stereocenters. The maximum Gasteiger partial charge on any atom is 0.321 e. The molecule has 2 saturated heterocycles. The van der Waals surface area contributed by atoms with Gasteiger partial charge < -0.3 is 15.0 Å². The molecule has 7 heteroatoms. The fourth-order valence-corrected chi connectivity index (χ4v) is 5.20. The van der Waals surface area contributed by atoms with Gasteiger partial charge in [0.25, 0.3) is 0 Å². The molecule has 2 aliphatic rings. The Morgan fingerprint density at radius 1 is 1.03 bits per heavy atom. The van der Waals surface area contributed by atoms with Crippen molar-refractivity contribution in [2.24, 2.45) is 0 Å². The van der Waals surface area contributed by atoms with Crippen molar-refractivity contribution in [1.82, 2.24) is 9.80 Å². The monoisotopic (exact) mass is 475 g/mol. The van der Waals surface area contributed by atoms with Crippen molar-refractivity contribution < 1.29 is 9.53 Å². The molecule has 2 amide bonds. The molecule has 0 saturated carbocycles. The Labute approximate surface area is 200 Å². The Bertz CT molecular complexity index is 905. The van der Waals surface area contributed by atoms with Crippen molar-refractivity contribution in [3.05, 3.63) is 64.1 Å². The molecule has 2 heterocycles. The first-order valence-electron chi connectivity index (χ1n) is 11.4. The van der Waals surface area contributed by atoms with E-state index in [9.17, 15) is 4.79 Å². The summed E-state index contributed by atoms with van der Waals surface area (Å²) in [5, 5.41) is 4.18. The molecule has 2 fully saturated rings. The summed E-state index contributed by atoms with van der Waals surface area (Å²) < 4.78 is 5.48. The Hall–Kier alpha value is -1.79. The van der Waals surface area contributed by atoms with E-state index in [-0.39, 0.29) is 11.4 Å². The lowest BCUT2D eigenvalue weighted by atomic mass is 9.71. The molecule has 0 spiro atoms. The van der Waals surface area contributed by atoms with Gasteiger partial charge in [0.1, 0.15) is 0 Å². The average molecular weight is 476 g/mol. The number of amides is 2. The van der Waals surface area contributed by atoms with Crippen molar-refractivity contribution in [3.63, 3.8) is 0 Å². The van der Waals surface area contributed by atoms with Crippen LogP contribution in [-0.4, -0.2) is 61.8 Å². The van der Waals surface area contributed by atoms with Crippen LogP contribution >= 0.6 is 23.2 Å². The lowest BCUT2D eigenvalue weighted by molar-refractivity contribution is 0.0356. The first kappa shape index (κ1) is 23.4. The number of hydrogen-bond donors (Lipinski definition) is 1. The zero-order chi connectivity index (χ0) is 22.4. The van der Waals surface area contributed by atoms with Crippen LogP contribution in [0.15, 0.2) is 48.5 Å². The highest BCUT2D eigenvalue weighted by Gasteiger charge is 2.38. The first-order chi connectivity index (χ1) is 15.6. The van der Waals surface area contributed by atoms with Gasteiger partial charge in [-0.15, -0.1) is 0 Å². The minimum atomic E-state index is -0.132. The second-order valence-electron chi connectivity index (χ2n) is 8.79. The maximum atomic E-state index is 13.1. The van der Waals surface area contributed by atoms with Gasteiger partial charge in [-0.05, 0) is 62.1 Å². The van der Waals surface area contributed by atoms with Crippen LogP contribution in [-0.2, 0) is 10.2 Å². The maximum absolute atomic E-state index is 13.1. The van der Waals surface area contributed by atoms with Crippen molar-refractivity contribution in [2.75, 3.05) is 51.3 Å².